The van der Waals surface area contributed by atoms with Crippen LogP contribution in [0.1, 0.15) is 29.9 Å². The van der Waals surface area contributed by atoms with Gasteiger partial charge in [-0.05, 0) is 62.4 Å². The fraction of sp³-hybridized carbons (Fsp3) is 0.172. The van der Waals surface area contributed by atoms with Gasteiger partial charge in [-0.2, -0.15) is 36.7 Å². The van der Waals surface area contributed by atoms with Crippen LogP contribution in [0.2, 0.25) is 0 Å². The number of amides is 1. The Morgan fingerprint density at radius 3 is 2.02 bits per heavy atom. The molecule has 296 valence electrons. The van der Waals surface area contributed by atoms with E-state index in [1.165, 1.54) is 49.4 Å². The Labute approximate surface area is 319 Å². The molecule has 0 saturated carbocycles. The van der Waals surface area contributed by atoms with Crippen LogP contribution in [0, 0.1) is 0 Å². The van der Waals surface area contributed by atoms with Crippen LogP contribution in [0.25, 0.3) is 11.8 Å². The first-order valence-electron chi connectivity index (χ1n) is 14.9. The molecule has 26 heteroatoms. The number of nitrogens with zero attached hydrogens (tertiary/aromatic N) is 4. The highest BCUT2D eigenvalue weighted by Gasteiger charge is 2.35. The van der Waals surface area contributed by atoms with Crippen molar-refractivity contribution in [2.24, 2.45) is 5.10 Å². The summed E-state index contributed by atoms with van der Waals surface area (Å²) in [7, 11) is -9.83. The average molecular weight is 849 g/mol. The van der Waals surface area contributed by atoms with E-state index in [-0.39, 0.29) is 39.9 Å². The Hall–Kier alpha value is -4.52. The Kier molecular flexibility index (Phi) is 15.2. The quantitative estimate of drug-likeness (QED) is 0.0167. The largest absolute Gasteiger partial charge is 0.493 e. The number of ether oxygens (including phenoxy) is 1. The number of hydrogen-bond donors (Lipinski definition) is 5. The van der Waals surface area contributed by atoms with Gasteiger partial charge in [-0.3, -0.25) is 13.9 Å². The summed E-state index contributed by atoms with van der Waals surface area (Å²) in [5.41, 5.74) is -1.78. The summed E-state index contributed by atoms with van der Waals surface area (Å²) in [5, 5.41) is 44.1. The van der Waals surface area contributed by atoms with E-state index in [0.29, 0.717) is 33.8 Å². The monoisotopic (exact) mass is 848 g/mol. The van der Waals surface area contributed by atoms with Crippen LogP contribution in [-0.4, -0.2) is 88.8 Å². The summed E-state index contributed by atoms with van der Waals surface area (Å²) >= 11 is 0.859. The van der Waals surface area contributed by atoms with Gasteiger partial charge < -0.3 is 9.84 Å². The van der Waals surface area contributed by atoms with Crippen LogP contribution in [-0.2, 0) is 58.3 Å². The smallest absolute Gasteiger partial charge is 0.359 e. The highest BCUT2D eigenvalue weighted by atomic mass is 32.2. The van der Waals surface area contributed by atoms with Crippen LogP contribution >= 0.6 is 24.1 Å². The number of allylic oxidation sites excluding steroid dienone is 4. The molecule has 3 aromatic rings. The van der Waals surface area contributed by atoms with Gasteiger partial charge in [-0.15, -0.1) is 8.67 Å². The number of esters is 1. The van der Waals surface area contributed by atoms with E-state index in [4.69, 9.17) is 25.0 Å². The van der Waals surface area contributed by atoms with Gasteiger partial charge in [-0.25, -0.2) is 25.1 Å². The molecule has 1 aliphatic heterocycles. The second-order valence-electron chi connectivity index (χ2n) is 10.0. The van der Waals surface area contributed by atoms with Crippen molar-refractivity contribution in [2.75, 3.05) is 24.8 Å². The molecule has 0 spiro atoms. The Morgan fingerprint density at radius 1 is 0.855 bits per heavy atom. The Balaban J connectivity index is 1.74. The van der Waals surface area contributed by atoms with Crippen molar-refractivity contribution >= 4 is 73.7 Å². The number of benzene rings is 2. The molecule has 0 fully saturated rings. The molecule has 2 aromatic carbocycles. The molecule has 4 rings (SSSR count). The number of aromatic hydroxyl groups is 1. The van der Waals surface area contributed by atoms with Gasteiger partial charge in [0.05, 0.1) is 59.8 Å². The molecule has 1 aliphatic rings. The number of aromatic nitrogens is 2. The predicted octanol–water partition coefficient (Wildman–Crippen LogP) is 3.97. The lowest BCUT2D eigenvalue weighted by atomic mass is 10.1. The molecule has 0 unspecified atom stereocenters. The number of carbonyl (C=O) groups excluding carboxylic acids is 2. The molecule has 0 radical (unpaired) electrons. The lowest BCUT2D eigenvalue weighted by Gasteiger charge is -2.15. The molecule has 1 amide bonds. The molecule has 22 nitrogen and oxygen atoms in total. The van der Waals surface area contributed by atoms with Crippen LogP contribution in [0.15, 0.2) is 91.0 Å². The highest BCUT2D eigenvalue weighted by Crippen LogP contribution is 2.35. The maximum Gasteiger partial charge on any atom is 0.359 e. The molecular formula is C29H28N4O18S4. The van der Waals surface area contributed by atoms with Crippen LogP contribution < -0.4 is 5.01 Å². The van der Waals surface area contributed by atoms with E-state index in [0.717, 1.165) is 24.3 Å². The number of anilines is 1. The van der Waals surface area contributed by atoms with Gasteiger partial charge in [0.1, 0.15) is 22.1 Å². The first kappa shape index (κ1) is 43.2. The fourth-order valence-corrected chi connectivity index (χ4v) is 6.59. The molecule has 0 bridgehead atoms. The molecule has 2 heterocycles. The Bertz CT molecular complexity index is 2250. The summed E-state index contributed by atoms with van der Waals surface area (Å²) in [6.07, 6.45) is 6.37. The topological polar surface area (TPSA) is 302 Å². The SMILES string of the molecule is CCOOCC1=NN(c2cc(SOOO)ccc2S(=O)(=O)O)C(=O)\C1=C/C=C/C=C/c1c(C(=O)OCC)nn(-c2cc(SOOO)ccc2S(=O)(=O)O)c1O. The number of carbonyl (C=O) groups is 2. The van der Waals surface area contributed by atoms with E-state index in [1.807, 2.05) is 0 Å². The van der Waals surface area contributed by atoms with Gasteiger partial charge in [-0.1, -0.05) is 28.3 Å². The van der Waals surface area contributed by atoms with Crippen LogP contribution in [0.5, 0.6) is 5.88 Å². The van der Waals surface area contributed by atoms with E-state index < -0.39 is 71.5 Å². The first-order valence-corrected chi connectivity index (χ1v) is 19.3. The second kappa shape index (κ2) is 19.4. The maximum absolute atomic E-state index is 13.6. The standard InChI is InChI=1S/C29H28N4O18S4/c1-3-45-29(36)26-20(28(35)33(31-26)23-15-18(53-51-49-38)11-13-25(23)55(42,43)44)9-7-5-6-8-19-21(16-47-46-4-2)30-32(27(19)34)22-14-17(52-50-48-37)10-12-24(22)54(39,40)41/h5-15,35,37-38H,3-4,16H2,1-2H3,(H,39,40,41)(H,42,43,44)/b6-5+,9-7+,19-8-. The zero-order chi connectivity index (χ0) is 40.3. The third-order valence-electron chi connectivity index (χ3n) is 6.66. The van der Waals surface area contributed by atoms with Crippen LogP contribution in [0.3, 0.4) is 0 Å². The fourth-order valence-electron chi connectivity index (χ4n) is 4.51. The summed E-state index contributed by atoms with van der Waals surface area (Å²) in [6, 6.07) is 6.44. The van der Waals surface area contributed by atoms with Crippen molar-refractivity contribution in [1.29, 1.82) is 0 Å². The number of rotatable bonds is 19. The lowest BCUT2D eigenvalue weighted by molar-refractivity contribution is -0.432. The molecular weight excluding hydrogens is 821 g/mol. The summed E-state index contributed by atoms with van der Waals surface area (Å²) in [4.78, 5) is 35.2. The van der Waals surface area contributed by atoms with Gasteiger partial charge >= 0.3 is 5.97 Å². The maximum atomic E-state index is 13.6. The van der Waals surface area contributed by atoms with Gasteiger partial charge in [0, 0.05) is 9.79 Å². The lowest BCUT2D eigenvalue weighted by Crippen LogP contribution is -2.23. The van der Waals surface area contributed by atoms with E-state index >= 15 is 0 Å². The molecule has 0 atom stereocenters. The van der Waals surface area contributed by atoms with Crippen molar-refractivity contribution < 1.29 is 84.4 Å². The Morgan fingerprint density at radius 2 is 1.45 bits per heavy atom. The zero-order valence-electron chi connectivity index (χ0n) is 27.9. The van der Waals surface area contributed by atoms with Crippen molar-refractivity contribution in [3.63, 3.8) is 0 Å². The normalized spacial score (nSPS) is 14.5. The first-order chi connectivity index (χ1) is 26.2. The van der Waals surface area contributed by atoms with Crippen molar-refractivity contribution in [3.8, 4) is 11.6 Å². The summed E-state index contributed by atoms with van der Waals surface area (Å²) in [5.74, 6) is -2.69. The minimum atomic E-state index is -4.93. The molecule has 55 heavy (non-hydrogen) atoms. The third-order valence-corrected chi connectivity index (χ3v) is 9.61. The van der Waals surface area contributed by atoms with Gasteiger partial charge in [0.25, 0.3) is 26.1 Å². The van der Waals surface area contributed by atoms with Crippen LogP contribution in [0.4, 0.5) is 5.69 Å². The van der Waals surface area contributed by atoms with E-state index in [2.05, 4.69) is 28.9 Å². The molecule has 1 aromatic heterocycles. The molecule has 0 saturated heterocycles. The minimum Gasteiger partial charge on any atom is -0.493 e. The molecule has 5 N–H and O–H groups in total. The van der Waals surface area contributed by atoms with Crippen molar-refractivity contribution in [1.82, 2.24) is 9.78 Å². The zero-order valence-corrected chi connectivity index (χ0v) is 31.2. The van der Waals surface area contributed by atoms with Gasteiger partial charge in [0.2, 0.25) is 5.88 Å². The van der Waals surface area contributed by atoms with Gasteiger partial charge in [0.15, 0.2) is 5.69 Å². The summed E-state index contributed by atoms with van der Waals surface area (Å²) < 4.78 is 82.8. The number of hydrogen-bond acceptors (Lipinski definition) is 20. The summed E-state index contributed by atoms with van der Waals surface area (Å²) in [6.45, 7) is 2.75. The van der Waals surface area contributed by atoms with Crippen molar-refractivity contribution in [3.05, 3.63) is 77.5 Å². The number of hydrazone groups is 1. The minimum absolute atomic E-state index is 0.0455. The van der Waals surface area contributed by atoms with E-state index in [1.54, 1.807) is 6.92 Å². The van der Waals surface area contributed by atoms with Crippen molar-refractivity contribution in [2.45, 2.75) is 33.4 Å². The average Bonchev–Trinajstić information content (AvgIpc) is 3.63. The second-order valence-corrected chi connectivity index (χ2v) is 14.4. The third kappa shape index (κ3) is 10.8. The predicted molar refractivity (Wildman–Crippen MR) is 187 cm³/mol. The molecule has 0 aliphatic carbocycles. The van der Waals surface area contributed by atoms with E-state index in [9.17, 15) is 40.6 Å². The highest BCUT2D eigenvalue weighted by molar-refractivity contribution is 7.94.